The molecule has 0 aliphatic rings. The van der Waals surface area contributed by atoms with Crippen molar-refractivity contribution < 1.29 is 13.2 Å². The summed E-state index contributed by atoms with van der Waals surface area (Å²) < 4.78 is 42.8. The van der Waals surface area contributed by atoms with E-state index in [1.807, 2.05) is 24.4 Å². The van der Waals surface area contributed by atoms with Crippen LogP contribution in [0.2, 0.25) is 0 Å². The van der Waals surface area contributed by atoms with Gasteiger partial charge in [-0.15, -0.1) is 22.7 Å². The molecule has 21 heavy (non-hydrogen) atoms. The summed E-state index contributed by atoms with van der Waals surface area (Å²) in [5.74, 6) is -2.94. The number of hydrogen-bond donors (Lipinski definition) is 1. The molecule has 0 radical (unpaired) electrons. The molecule has 1 unspecified atom stereocenters. The summed E-state index contributed by atoms with van der Waals surface area (Å²) in [5.41, 5.74) is 0.129. The van der Waals surface area contributed by atoms with Crippen molar-refractivity contribution in [1.82, 2.24) is 5.32 Å². The first-order chi connectivity index (χ1) is 10.1. The second-order valence-electron chi connectivity index (χ2n) is 4.58. The fourth-order valence-electron chi connectivity index (χ4n) is 2.25. The lowest BCUT2D eigenvalue weighted by Crippen LogP contribution is -2.22. The number of hydrogen-bond acceptors (Lipinski definition) is 3. The number of nitrogens with one attached hydrogen (secondary N) is 1. The molecule has 0 fully saturated rings. The molecule has 3 aromatic rings. The van der Waals surface area contributed by atoms with Gasteiger partial charge < -0.3 is 5.32 Å². The largest absolute Gasteiger partial charge is 0.306 e. The van der Waals surface area contributed by atoms with Gasteiger partial charge in [-0.3, -0.25) is 0 Å². The van der Waals surface area contributed by atoms with Crippen LogP contribution in [0.3, 0.4) is 0 Å². The summed E-state index contributed by atoms with van der Waals surface area (Å²) in [5, 5.41) is 5.13. The van der Waals surface area contributed by atoms with Crippen molar-refractivity contribution in [1.29, 1.82) is 0 Å². The maximum absolute atomic E-state index is 14.0. The van der Waals surface area contributed by atoms with Gasteiger partial charge in [-0.25, -0.2) is 13.2 Å². The van der Waals surface area contributed by atoms with Gasteiger partial charge in [0.1, 0.15) is 5.82 Å². The SMILES string of the molecule is CCNC(c1cc2sccc2s1)c1cc(F)c(F)cc1F. The van der Waals surface area contributed by atoms with E-state index in [9.17, 15) is 13.2 Å². The zero-order valence-electron chi connectivity index (χ0n) is 11.1. The highest BCUT2D eigenvalue weighted by molar-refractivity contribution is 7.27. The molecular weight excluding hydrogens is 315 g/mol. The molecule has 1 aromatic carbocycles. The third-order valence-electron chi connectivity index (χ3n) is 3.20. The van der Waals surface area contributed by atoms with Crippen LogP contribution in [0.5, 0.6) is 0 Å². The van der Waals surface area contributed by atoms with E-state index in [0.717, 1.165) is 20.3 Å². The van der Waals surface area contributed by atoms with Crippen LogP contribution in [0.1, 0.15) is 23.4 Å². The highest BCUT2D eigenvalue weighted by Crippen LogP contribution is 2.36. The van der Waals surface area contributed by atoms with Gasteiger partial charge in [0, 0.05) is 25.9 Å². The van der Waals surface area contributed by atoms with Crippen LogP contribution in [0.25, 0.3) is 9.40 Å². The number of thiophene rings is 2. The second kappa shape index (κ2) is 5.79. The molecule has 1 atom stereocenters. The van der Waals surface area contributed by atoms with Crippen LogP contribution < -0.4 is 5.32 Å². The molecule has 1 N–H and O–H groups in total. The molecule has 0 saturated carbocycles. The van der Waals surface area contributed by atoms with Gasteiger partial charge in [-0.2, -0.15) is 0 Å². The second-order valence-corrected chi connectivity index (χ2v) is 6.64. The summed E-state index contributed by atoms with van der Waals surface area (Å²) in [6, 6.07) is 5.03. The van der Waals surface area contributed by atoms with Crippen LogP contribution >= 0.6 is 22.7 Å². The Hall–Kier alpha value is -1.37. The van der Waals surface area contributed by atoms with Gasteiger partial charge in [-0.05, 0) is 30.1 Å². The topological polar surface area (TPSA) is 12.0 Å². The van der Waals surface area contributed by atoms with Crippen LogP contribution in [-0.4, -0.2) is 6.54 Å². The first-order valence-corrected chi connectivity index (χ1v) is 8.14. The van der Waals surface area contributed by atoms with Crippen molar-refractivity contribution in [3.05, 3.63) is 57.5 Å². The van der Waals surface area contributed by atoms with Gasteiger partial charge in [0.2, 0.25) is 0 Å². The molecule has 110 valence electrons. The molecule has 6 heteroatoms. The Labute approximate surface area is 128 Å². The minimum atomic E-state index is -1.17. The van der Waals surface area contributed by atoms with Crippen molar-refractivity contribution in [2.24, 2.45) is 0 Å². The summed E-state index contributed by atoms with van der Waals surface area (Å²) >= 11 is 3.13. The third kappa shape index (κ3) is 2.71. The molecule has 0 aliphatic carbocycles. The molecular formula is C15H12F3NS2. The molecule has 2 aromatic heterocycles. The summed E-state index contributed by atoms with van der Waals surface area (Å²) in [4.78, 5) is 0.892. The van der Waals surface area contributed by atoms with Gasteiger partial charge in [0.25, 0.3) is 0 Å². The highest BCUT2D eigenvalue weighted by Gasteiger charge is 2.22. The van der Waals surface area contributed by atoms with E-state index < -0.39 is 23.5 Å². The van der Waals surface area contributed by atoms with Crippen molar-refractivity contribution in [2.75, 3.05) is 6.54 Å². The summed E-state index contributed by atoms with van der Waals surface area (Å²) in [6.07, 6.45) is 0. The summed E-state index contributed by atoms with van der Waals surface area (Å²) in [6.45, 7) is 2.48. The summed E-state index contributed by atoms with van der Waals surface area (Å²) in [7, 11) is 0. The quantitative estimate of drug-likeness (QED) is 0.659. The van der Waals surface area contributed by atoms with E-state index in [4.69, 9.17) is 0 Å². The van der Waals surface area contributed by atoms with Crippen molar-refractivity contribution >= 4 is 32.1 Å². The fourth-order valence-corrected chi connectivity index (χ4v) is 4.47. The fraction of sp³-hybridized carbons (Fsp3) is 0.200. The number of benzene rings is 1. The molecule has 0 spiro atoms. The Bertz CT molecular complexity index is 750. The first kappa shape index (κ1) is 14.6. The monoisotopic (exact) mass is 327 g/mol. The molecule has 1 nitrogen and oxygen atoms in total. The number of fused-ring (bicyclic) bond motifs is 1. The average molecular weight is 327 g/mol. The number of halogens is 3. The molecule has 0 aliphatic heterocycles. The Morgan fingerprint density at radius 1 is 1.05 bits per heavy atom. The Morgan fingerprint density at radius 2 is 1.81 bits per heavy atom. The van der Waals surface area contributed by atoms with E-state index in [1.165, 1.54) is 11.3 Å². The van der Waals surface area contributed by atoms with E-state index >= 15 is 0 Å². The standard InChI is InChI=1S/C15H12F3NS2/c1-2-19-15(8-5-10(17)11(18)6-9(8)16)14-7-13-12(21-14)3-4-20-13/h3-7,15,19H,2H2,1H3. The predicted octanol–water partition coefficient (Wildman–Crippen LogP) is 5.08. The van der Waals surface area contributed by atoms with Crippen molar-refractivity contribution in [3.63, 3.8) is 0 Å². The van der Waals surface area contributed by atoms with Gasteiger partial charge in [0.05, 0.1) is 6.04 Å². The normalized spacial score (nSPS) is 13.0. The van der Waals surface area contributed by atoms with E-state index in [2.05, 4.69) is 5.32 Å². The lowest BCUT2D eigenvalue weighted by atomic mass is 10.0. The Morgan fingerprint density at radius 3 is 2.52 bits per heavy atom. The minimum Gasteiger partial charge on any atom is -0.306 e. The number of rotatable bonds is 4. The van der Waals surface area contributed by atoms with Gasteiger partial charge in [0.15, 0.2) is 11.6 Å². The molecule has 3 rings (SSSR count). The molecule has 2 heterocycles. The lowest BCUT2D eigenvalue weighted by Gasteiger charge is -2.18. The highest BCUT2D eigenvalue weighted by atomic mass is 32.1. The van der Waals surface area contributed by atoms with E-state index in [0.29, 0.717) is 12.6 Å². The Balaban J connectivity index is 2.09. The maximum atomic E-state index is 14.0. The average Bonchev–Trinajstić information content (AvgIpc) is 3.01. The van der Waals surface area contributed by atoms with Crippen molar-refractivity contribution in [3.8, 4) is 0 Å². The van der Waals surface area contributed by atoms with Crippen LogP contribution in [0.15, 0.2) is 29.6 Å². The molecule has 0 bridgehead atoms. The van der Waals surface area contributed by atoms with Gasteiger partial charge in [-0.1, -0.05) is 6.92 Å². The zero-order valence-corrected chi connectivity index (χ0v) is 12.8. The smallest absolute Gasteiger partial charge is 0.161 e. The maximum Gasteiger partial charge on any atom is 0.161 e. The molecule has 0 amide bonds. The van der Waals surface area contributed by atoms with Crippen molar-refractivity contribution in [2.45, 2.75) is 13.0 Å². The molecule has 0 saturated heterocycles. The third-order valence-corrected chi connectivity index (χ3v) is 5.36. The zero-order chi connectivity index (χ0) is 15.0. The van der Waals surface area contributed by atoms with Crippen LogP contribution in [0, 0.1) is 17.5 Å². The first-order valence-electron chi connectivity index (χ1n) is 6.45. The van der Waals surface area contributed by atoms with Crippen LogP contribution in [0.4, 0.5) is 13.2 Å². The Kier molecular flexibility index (Phi) is 4.01. The minimum absolute atomic E-state index is 0.129. The van der Waals surface area contributed by atoms with E-state index in [-0.39, 0.29) is 5.56 Å². The van der Waals surface area contributed by atoms with E-state index in [1.54, 1.807) is 11.3 Å². The van der Waals surface area contributed by atoms with Crippen LogP contribution in [-0.2, 0) is 0 Å². The van der Waals surface area contributed by atoms with Gasteiger partial charge >= 0.3 is 0 Å². The predicted molar refractivity (Wildman–Crippen MR) is 81.5 cm³/mol. The lowest BCUT2D eigenvalue weighted by molar-refractivity contribution is 0.482.